The molecule has 3 aromatic rings. The van der Waals surface area contributed by atoms with Crippen LogP contribution in [0, 0.1) is 5.82 Å². The number of aliphatic imine (C=N–C) groups is 1. The second kappa shape index (κ2) is 6.66. The number of aromatic nitrogens is 1. The van der Waals surface area contributed by atoms with E-state index < -0.39 is 27.3 Å². The molecule has 1 amide bonds. The van der Waals surface area contributed by atoms with Crippen molar-refractivity contribution < 1.29 is 22.0 Å². The maximum atomic E-state index is 13.3. The van der Waals surface area contributed by atoms with Crippen LogP contribution in [0.3, 0.4) is 0 Å². The molecule has 1 aliphatic rings. The fraction of sp³-hybridized carbons (Fsp3) is 0.211. The normalized spacial score (nSPS) is 20.7. The number of rotatable bonds is 3. The molecule has 4 rings (SSSR count). The van der Waals surface area contributed by atoms with E-state index in [0.717, 1.165) is 4.31 Å². The molecule has 2 heterocycles. The number of nitrogens with one attached hydrogen (secondary N) is 1. The maximum Gasteiger partial charge on any atom is 0.311 e. The molecule has 0 aliphatic carbocycles. The van der Waals surface area contributed by atoms with Gasteiger partial charge in [0.1, 0.15) is 16.9 Å². The summed E-state index contributed by atoms with van der Waals surface area (Å²) in [4.78, 5) is 20.9. The molecule has 0 saturated carbocycles. The number of fused-ring (bicyclic) bond motifs is 1. The Hall–Kier alpha value is -3.27. The van der Waals surface area contributed by atoms with Crippen molar-refractivity contribution >= 4 is 39.1 Å². The number of amides is 1. The minimum Gasteiger partial charge on any atom is -0.432 e. The third-order valence-corrected chi connectivity index (χ3v) is 6.59. The number of anilines is 1. The van der Waals surface area contributed by atoms with E-state index in [2.05, 4.69) is 15.3 Å². The van der Waals surface area contributed by atoms with Gasteiger partial charge < -0.3 is 9.73 Å². The highest BCUT2D eigenvalue weighted by Crippen LogP contribution is 2.32. The van der Waals surface area contributed by atoms with Crippen molar-refractivity contribution in [2.75, 3.05) is 18.1 Å². The summed E-state index contributed by atoms with van der Waals surface area (Å²) in [6.07, 6.45) is 1.28. The number of benzene rings is 2. The number of hydrogen-bond donors (Lipinski definition) is 1. The third-order valence-electron chi connectivity index (χ3n) is 4.69. The maximum absolute atomic E-state index is 13.3. The van der Waals surface area contributed by atoms with E-state index in [1.165, 1.54) is 31.6 Å². The molecular weight excluding hydrogens is 399 g/mol. The van der Waals surface area contributed by atoms with Gasteiger partial charge in [-0.1, -0.05) is 12.1 Å². The highest BCUT2D eigenvalue weighted by Gasteiger charge is 2.37. The molecule has 2 aromatic carbocycles. The van der Waals surface area contributed by atoms with Crippen LogP contribution in [-0.4, -0.2) is 42.8 Å². The summed E-state index contributed by atoms with van der Waals surface area (Å²) >= 11 is 0. The first-order valence-corrected chi connectivity index (χ1v) is 10.3. The van der Waals surface area contributed by atoms with Gasteiger partial charge in [0.2, 0.25) is 10.0 Å². The number of halogens is 1. The molecule has 0 spiro atoms. The predicted octanol–water partition coefficient (Wildman–Crippen LogP) is 2.74. The third kappa shape index (κ3) is 3.58. The number of carbonyl (C=O) groups excluding carboxylic acids is 1. The molecule has 29 heavy (non-hydrogen) atoms. The Bertz CT molecular complexity index is 1250. The Labute approximate surface area is 166 Å². The lowest BCUT2D eigenvalue weighted by molar-refractivity contribution is 0.0992. The molecule has 8 nitrogen and oxygen atoms in total. The van der Waals surface area contributed by atoms with Crippen molar-refractivity contribution in [2.24, 2.45) is 4.99 Å². The summed E-state index contributed by atoms with van der Waals surface area (Å²) in [5.41, 5.74) is 0.601. The summed E-state index contributed by atoms with van der Waals surface area (Å²) in [5, 5.41) is 2.66. The average Bonchev–Trinajstić information content (AvgIpc) is 3.08. The lowest BCUT2D eigenvalue weighted by atomic mass is 9.94. The van der Waals surface area contributed by atoms with Crippen LogP contribution in [-0.2, 0) is 15.6 Å². The topological polar surface area (TPSA) is 105 Å². The fourth-order valence-electron chi connectivity index (χ4n) is 3.05. The first-order valence-electron chi connectivity index (χ1n) is 8.65. The minimum absolute atomic E-state index is 0.193. The zero-order valence-electron chi connectivity index (χ0n) is 15.6. The summed E-state index contributed by atoms with van der Waals surface area (Å²) in [5.74, 6) is -1.49. The zero-order chi connectivity index (χ0) is 20.8. The van der Waals surface area contributed by atoms with Crippen LogP contribution in [0.2, 0.25) is 0 Å². The highest BCUT2D eigenvalue weighted by atomic mass is 32.2. The van der Waals surface area contributed by atoms with E-state index in [1.54, 1.807) is 31.2 Å². The Morgan fingerprint density at radius 2 is 2.07 bits per heavy atom. The molecule has 150 valence electrons. The van der Waals surface area contributed by atoms with Crippen LogP contribution >= 0.6 is 0 Å². The minimum atomic E-state index is -3.47. The predicted molar refractivity (Wildman–Crippen MR) is 106 cm³/mol. The van der Waals surface area contributed by atoms with Crippen molar-refractivity contribution in [3.05, 3.63) is 59.7 Å². The first kappa shape index (κ1) is 19.1. The standard InChI is InChI=1S/C19H17FN4O4S/c1-19(10-29(26,27)24(2)11-21-19)12-4-3-5-14(8-12)22-17(25)18-23-15-9-13(20)6-7-16(15)28-18/h3-9,11H,10H2,1-2H3,(H,22,25). The fourth-order valence-corrected chi connectivity index (χ4v) is 4.39. The van der Waals surface area contributed by atoms with Gasteiger partial charge in [-0.25, -0.2) is 17.8 Å². The average molecular weight is 416 g/mol. The molecular formula is C19H17FN4O4S. The summed E-state index contributed by atoms with van der Waals surface area (Å²) in [6, 6.07) is 10.5. The van der Waals surface area contributed by atoms with Gasteiger partial charge in [-0.05, 0) is 36.8 Å². The highest BCUT2D eigenvalue weighted by molar-refractivity contribution is 7.89. The number of carbonyl (C=O) groups is 1. The van der Waals surface area contributed by atoms with Gasteiger partial charge in [-0.2, -0.15) is 0 Å². The summed E-state index contributed by atoms with van der Waals surface area (Å²) in [7, 11) is -2.04. The second-order valence-electron chi connectivity index (χ2n) is 6.96. The van der Waals surface area contributed by atoms with E-state index in [1.807, 2.05) is 0 Å². The number of nitrogens with zero attached hydrogens (tertiary/aromatic N) is 3. The van der Waals surface area contributed by atoms with Crippen LogP contribution in [0.4, 0.5) is 10.1 Å². The van der Waals surface area contributed by atoms with Crippen LogP contribution < -0.4 is 5.32 Å². The van der Waals surface area contributed by atoms with Crippen LogP contribution in [0.15, 0.2) is 51.9 Å². The van der Waals surface area contributed by atoms with Crippen molar-refractivity contribution in [1.82, 2.24) is 9.29 Å². The molecule has 1 unspecified atom stereocenters. The molecule has 0 radical (unpaired) electrons. The van der Waals surface area contributed by atoms with Gasteiger partial charge in [-0.15, -0.1) is 0 Å². The van der Waals surface area contributed by atoms with Crippen LogP contribution in [0.5, 0.6) is 0 Å². The zero-order valence-corrected chi connectivity index (χ0v) is 16.4. The van der Waals surface area contributed by atoms with Gasteiger partial charge >= 0.3 is 5.91 Å². The monoisotopic (exact) mass is 416 g/mol. The van der Waals surface area contributed by atoms with Crippen molar-refractivity contribution in [3.63, 3.8) is 0 Å². The Balaban J connectivity index is 1.60. The van der Waals surface area contributed by atoms with Crippen LogP contribution in [0.1, 0.15) is 23.2 Å². The van der Waals surface area contributed by atoms with Crippen molar-refractivity contribution in [3.8, 4) is 0 Å². The first-order chi connectivity index (χ1) is 13.7. The summed E-state index contributed by atoms with van der Waals surface area (Å²) in [6.45, 7) is 1.71. The van der Waals surface area contributed by atoms with Crippen LogP contribution in [0.25, 0.3) is 11.1 Å². The number of oxazole rings is 1. The van der Waals surface area contributed by atoms with E-state index in [9.17, 15) is 17.6 Å². The summed E-state index contributed by atoms with van der Waals surface area (Å²) < 4.78 is 44.2. The lowest BCUT2D eigenvalue weighted by Crippen LogP contribution is -2.42. The quantitative estimate of drug-likeness (QED) is 0.707. The molecule has 0 saturated heterocycles. The van der Waals surface area contributed by atoms with E-state index in [-0.39, 0.29) is 17.2 Å². The SMILES string of the molecule is CN1C=NC(C)(c2cccc(NC(=O)c3nc4cc(F)ccc4o3)c2)CS1(=O)=O. The van der Waals surface area contributed by atoms with Crippen molar-refractivity contribution in [2.45, 2.75) is 12.5 Å². The van der Waals surface area contributed by atoms with E-state index >= 15 is 0 Å². The van der Waals surface area contributed by atoms with E-state index in [4.69, 9.17) is 4.42 Å². The van der Waals surface area contributed by atoms with E-state index in [0.29, 0.717) is 16.8 Å². The molecule has 1 N–H and O–H groups in total. The molecule has 0 bridgehead atoms. The number of sulfonamides is 1. The number of hydrogen-bond acceptors (Lipinski definition) is 6. The molecule has 1 atom stereocenters. The lowest BCUT2D eigenvalue weighted by Gasteiger charge is -2.32. The van der Waals surface area contributed by atoms with Gasteiger partial charge in [0.05, 0.1) is 12.1 Å². The molecule has 1 aliphatic heterocycles. The van der Waals surface area contributed by atoms with Gasteiger partial charge in [0, 0.05) is 18.8 Å². The van der Waals surface area contributed by atoms with Gasteiger partial charge in [0.25, 0.3) is 5.89 Å². The molecule has 1 aromatic heterocycles. The Kier molecular flexibility index (Phi) is 4.38. The van der Waals surface area contributed by atoms with Gasteiger partial charge in [-0.3, -0.25) is 14.1 Å². The van der Waals surface area contributed by atoms with Gasteiger partial charge in [0.15, 0.2) is 5.58 Å². The molecule has 0 fully saturated rings. The second-order valence-corrected chi connectivity index (χ2v) is 8.99. The molecule has 10 heteroatoms. The Morgan fingerprint density at radius 1 is 1.28 bits per heavy atom. The van der Waals surface area contributed by atoms with Crippen molar-refractivity contribution in [1.29, 1.82) is 0 Å². The smallest absolute Gasteiger partial charge is 0.311 e. The largest absolute Gasteiger partial charge is 0.432 e. The Morgan fingerprint density at radius 3 is 2.83 bits per heavy atom.